The fourth-order valence-electron chi connectivity index (χ4n) is 0.588. The standard InChI is InChI=1S/C8H14F2O2/c1-7(2,8(3,9)10)5-6(11)12-4/h5H2,1-4H3. The predicted molar refractivity (Wildman–Crippen MR) is 41.0 cm³/mol. The first kappa shape index (κ1) is 11.3. The van der Waals surface area contributed by atoms with Crippen LogP contribution in [0.4, 0.5) is 8.78 Å². The molecule has 0 radical (unpaired) electrons. The molecular formula is C8H14F2O2. The summed E-state index contributed by atoms with van der Waals surface area (Å²) in [6.45, 7) is 3.48. The molecule has 0 aliphatic carbocycles. The summed E-state index contributed by atoms with van der Waals surface area (Å²) in [5.41, 5.74) is -1.35. The number of esters is 1. The first-order chi connectivity index (χ1) is 5.20. The van der Waals surface area contributed by atoms with Crippen LogP contribution in [0.15, 0.2) is 0 Å². The Kier molecular flexibility index (Phi) is 3.18. The van der Waals surface area contributed by atoms with Crippen molar-refractivity contribution in [3.63, 3.8) is 0 Å². The fraction of sp³-hybridized carbons (Fsp3) is 0.875. The minimum Gasteiger partial charge on any atom is -0.469 e. The Morgan fingerprint density at radius 1 is 1.33 bits per heavy atom. The number of alkyl halides is 2. The van der Waals surface area contributed by atoms with Gasteiger partial charge in [-0.05, 0) is 6.92 Å². The average molecular weight is 180 g/mol. The van der Waals surface area contributed by atoms with Crippen LogP contribution < -0.4 is 0 Å². The molecule has 12 heavy (non-hydrogen) atoms. The maximum Gasteiger partial charge on any atom is 0.306 e. The lowest BCUT2D eigenvalue weighted by atomic mass is 9.83. The SMILES string of the molecule is COC(=O)CC(C)(C)C(C)(F)F. The number of rotatable bonds is 3. The van der Waals surface area contributed by atoms with Crippen molar-refractivity contribution in [2.24, 2.45) is 5.41 Å². The molecule has 0 atom stereocenters. The highest BCUT2D eigenvalue weighted by atomic mass is 19.3. The summed E-state index contributed by atoms with van der Waals surface area (Å²) in [5.74, 6) is -3.48. The Hall–Kier alpha value is -0.670. The zero-order valence-electron chi connectivity index (χ0n) is 7.78. The summed E-state index contributed by atoms with van der Waals surface area (Å²) in [6, 6.07) is 0. The molecule has 0 bridgehead atoms. The highest BCUT2D eigenvalue weighted by Gasteiger charge is 2.43. The van der Waals surface area contributed by atoms with Gasteiger partial charge in [-0.2, -0.15) is 0 Å². The molecule has 72 valence electrons. The van der Waals surface area contributed by atoms with Gasteiger partial charge in [0.25, 0.3) is 5.92 Å². The van der Waals surface area contributed by atoms with Gasteiger partial charge >= 0.3 is 5.97 Å². The third-order valence-electron chi connectivity index (χ3n) is 2.00. The lowest BCUT2D eigenvalue weighted by molar-refractivity contribution is -0.152. The largest absolute Gasteiger partial charge is 0.469 e. The second kappa shape index (κ2) is 3.37. The minimum absolute atomic E-state index is 0.271. The maximum absolute atomic E-state index is 12.8. The van der Waals surface area contributed by atoms with E-state index in [1.54, 1.807) is 0 Å². The molecule has 0 rings (SSSR count). The predicted octanol–water partition coefficient (Wildman–Crippen LogP) is 2.23. The van der Waals surface area contributed by atoms with E-state index in [-0.39, 0.29) is 6.42 Å². The second-order valence-electron chi connectivity index (χ2n) is 3.53. The van der Waals surface area contributed by atoms with E-state index < -0.39 is 17.3 Å². The van der Waals surface area contributed by atoms with Gasteiger partial charge in [0.05, 0.1) is 13.5 Å². The van der Waals surface area contributed by atoms with Gasteiger partial charge in [0, 0.05) is 5.41 Å². The van der Waals surface area contributed by atoms with Crippen LogP contribution in [0.2, 0.25) is 0 Å². The molecule has 0 aromatic rings. The van der Waals surface area contributed by atoms with Crippen LogP contribution in [0.3, 0.4) is 0 Å². The van der Waals surface area contributed by atoms with Crippen LogP contribution in [0.5, 0.6) is 0 Å². The molecule has 2 nitrogen and oxygen atoms in total. The number of methoxy groups -OCH3 is 1. The molecule has 0 spiro atoms. The van der Waals surface area contributed by atoms with Gasteiger partial charge < -0.3 is 4.74 Å². The average Bonchev–Trinajstić information content (AvgIpc) is 1.84. The molecule has 0 amide bonds. The Morgan fingerprint density at radius 3 is 2.00 bits per heavy atom. The van der Waals surface area contributed by atoms with Gasteiger partial charge in [0.15, 0.2) is 0 Å². The zero-order chi connectivity index (χ0) is 9.99. The molecule has 0 aliphatic heterocycles. The number of halogens is 2. The van der Waals surface area contributed by atoms with Gasteiger partial charge in [-0.3, -0.25) is 4.79 Å². The third-order valence-corrected chi connectivity index (χ3v) is 2.00. The van der Waals surface area contributed by atoms with Crippen molar-refractivity contribution in [1.29, 1.82) is 0 Å². The monoisotopic (exact) mass is 180 g/mol. The van der Waals surface area contributed by atoms with E-state index in [4.69, 9.17) is 0 Å². The van der Waals surface area contributed by atoms with Crippen LogP contribution in [0.1, 0.15) is 27.2 Å². The molecule has 4 heteroatoms. The van der Waals surface area contributed by atoms with Gasteiger partial charge in [-0.15, -0.1) is 0 Å². The minimum atomic E-state index is -2.87. The Labute approximate surface area is 70.9 Å². The van der Waals surface area contributed by atoms with Crippen molar-refractivity contribution in [2.45, 2.75) is 33.1 Å². The van der Waals surface area contributed by atoms with Crippen molar-refractivity contribution in [3.05, 3.63) is 0 Å². The molecule has 0 aromatic heterocycles. The summed E-state index contributed by atoms with van der Waals surface area (Å²) in [6.07, 6.45) is -0.271. The molecule has 0 heterocycles. The summed E-state index contributed by atoms with van der Waals surface area (Å²) in [4.78, 5) is 10.7. The topological polar surface area (TPSA) is 26.3 Å². The van der Waals surface area contributed by atoms with Crippen molar-refractivity contribution in [2.75, 3.05) is 7.11 Å². The lowest BCUT2D eigenvalue weighted by Crippen LogP contribution is -2.35. The van der Waals surface area contributed by atoms with E-state index in [1.165, 1.54) is 21.0 Å². The van der Waals surface area contributed by atoms with Crippen LogP contribution in [-0.4, -0.2) is 19.0 Å². The number of hydrogen-bond acceptors (Lipinski definition) is 2. The Bertz CT molecular complexity index is 170. The number of carbonyl (C=O) groups is 1. The zero-order valence-corrected chi connectivity index (χ0v) is 7.78. The summed E-state index contributed by atoms with van der Waals surface area (Å²) in [7, 11) is 1.19. The Morgan fingerprint density at radius 2 is 1.75 bits per heavy atom. The summed E-state index contributed by atoms with van der Waals surface area (Å²) >= 11 is 0. The van der Waals surface area contributed by atoms with E-state index in [1.807, 2.05) is 0 Å². The van der Waals surface area contributed by atoms with Crippen LogP contribution in [-0.2, 0) is 9.53 Å². The number of carbonyl (C=O) groups excluding carboxylic acids is 1. The van der Waals surface area contributed by atoms with Crippen molar-refractivity contribution in [3.8, 4) is 0 Å². The fourth-order valence-corrected chi connectivity index (χ4v) is 0.588. The van der Waals surface area contributed by atoms with E-state index >= 15 is 0 Å². The van der Waals surface area contributed by atoms with Crippen molar-refractivity contribution < 1.29 is 18.3 Å². The molecule has 0 saturated heterocycles. The quantitative estimate of drug-likeness (QED) is 0.622. The highest BCUT2D eigenvalue weighted by Crippen LogP contribution is 2.38. The number of hydrogen-bond donors (Lipinski definition) is 0. The molecular weight excluding hydrogens is 166 g/mol. The van der Waals surface area contributed by atoms with Crippen LogP contribution in [0.25, 0.3) is 0 Å². The van der Waals surface area contributed by atoms with E-state index in [0.717, 1.165) is 6.92 Å². The third kappa shape index (κ3) is 2.75. The molecule has 0 unspecified atom stereocenters. The van der Waals surface area contributed by atoms with Gasteiger partial charge in [-0.25, -0.2) is 8.78 Å². The molecule has 0 N–H and O–H groups in total. The lowest BCUT2D eigenvalue weighted by Gasteiger charge is -2.29. The summed E-state index contributed by atoms with van der Waals surface area (Å²) in [5, 5.41) is 0. The van der Waals surface area contributed by atoms with Gasteiger partial charge in [0.1, 0.15) is 0 Å². The van der Waals surface area contributed by atoms with E-state index in [0.29, 0.717) is 0 Å². The maximum atomic E-state index is 12.8. The first-order valence-corrected chi connectivity index (χ1v) is 3.65. The van der Waals surface area contributed by atoms with Crippen molar-refractivity contribution in [1.82, 2.24) is 0 Å². The molecule has 0 aliphatic rings. The van der Waals surface area contributed by atoms with Crippen LogP contribution in [0, 0.1) is 5.41 Å². The molecule has 0 saturated carbocycles. The van der Waals surface area contributed by atoms with Gasteiger partial charge in [-0.1, -0.05) is 13.8 Å². The highest BCUT2D eigenvalue weighted by molar-refractivity contribution is 5.70. The van der Waals surface area contributed by atoms with Gasteiger partial charge in [0.2, 0.25) is 0 Å². The second-order valence-corrected chi connectivity index (χ2v) is 3.53. The normalized spacial score (nSPS) is 12.8. The van der Waals surface area contributed by atoms with Crippen molar-refractivity contribution >= 4 is 5.97 Å². The van der Waals surface area contributed by atoms with E-state index in [9.17, 15) is 13.6 Å². The number of ether oxygens (including phenoxy) is 1. The van der Waals surface area contributed by atoms with E-state index in [2.05, 4.69) is 4.74 Å². The smallest absolute Gasteiger partial charge is 0.306 e. The Balaban J connectivity index is 4.33. The molecule has 0 aromatic carbocycles. The molecule has 0 fully saturated rings. The first-order valence-electron chi connectivity index (χ1n) is 3.65. The summed E-state index contributed by atoms with van der Waals surface area (Å²) < 4.78 is 29.9. The van der Waals surface area contributed by atoms with Crippen LogP contribution >= 0.6 is 0 Å².